The molecule has 2 atom stereocenters. The van der Waals surface area contributed by atoms with Crippen LogP contribution in [0.4, 0.5) is 0 Å². The molecule has 2 aliphatic carbocycles. The van der Waals surface area contributed by atoms with E-state index in [1.165, 1.54) is 71.7 Å². The number of esters is 1. The molecule has 0 aromatic carbocycles. The molecule has 0 heterocycles. The molecular formula is C24H38O5. The average molecular weight is 407 g/mol. The molecule has 164 valence electrons. The van der Waals surface area contributed by atoms with E-state index in [4.69, 9.17) is 4.74 Å². The summed E-state index contributed by atoms with van der Waals surface area (Å²) in [5, 5.41) is 0. The number of hydrogen-bond donors (Lipinski definition) is 0. The first-order valence-electron chi connectivity index (χ1n) is 11.5. The van der Waals surface area contributed by atoms with Crippen molar-refractivity contribution in [1.29, 1.82) is 0 Å². The molecule has 2 unspecified atom stereocenters. The standard InChI is InChI=1S/C24H38O5/c1-28-21-17-20(25)19-18-24(19,23(21)27)16-14-12-10-8-6-4-3-5-7-9-11-13-15-22(26)29-2/h17,19H,3-16,18H2,1-2H3. The highest BCUT2D eigenvalue weighted by atomic mass is 16.5. The minimum atomic E-state index is -0.423. The van der Waals surface area contributed by atoms with Crippen molar-refractivity contribution < 1.29 is 23.9 Å². The lowest BCUT2D eigenvalue weighted by molar-refractivity contribution is -0.140. The largest absolute Gasteiger partial charge is 0.493 e. The Balaban J connectivity index is 1.40. The minimum absolute atomic E-state index is 0.0508. The molecule has 2 aliphatic rings. The molecule has 0 amide bonds. The van der Waals surface area contributed by atoms with Crippen molar-refractivity contribution in [1.82, 2.24) is 0 Å². The first-order chi connectivity index (χ1) is 14.0. The third kappa shape index (κ3) is 6.97. The summed E-state index contributed by atoms with van der Waals surface area (Å²) in [6, 6.07) is 0. The van der Waals surface area contributed by atoms with Gasteiger partial charge in [0.15, 0.2) is 11.5 Å². The zero-order valence-electron chi connectivity index (χ0n) is 18.3. The van der Waals surface area contributed by atoms with Crippen molar-refractivity contribution in [3.8, 4) is 0 Å². The molecule has 0 aromatic rings. The zero-order valence-corrected chi connectivity index (χ0v) is 18.3. The van der Waals surface area contributed by atoms with Gasteiger partial charge < -0.3 is 9.47 Å². The van der Waals surface area contributed by atoms with Crippen molar-refractivity contribution in [3.63, 3.8) is 0 Å². The van der Waals surface area contributed by atoms with E-state index in [-0.39, 0.29) is 29.2 Å². The van der Waals surface area contributed by atoms with Crippen molar-refractivity contribution >= 4 is 17.5 Å². The van der Waals surface area contributed by atoms with E-state index in [2.05, 4.69) is 4.74 Å². The van der Waals surface area contributed by atoms with E-state index in [0.717, 1.165) is 38.5 Å². The van der Waals surface area contributed by atoms with Crippen LogP contribution in [0.25, 0.3) is 0 Å². The monoisotopic (exact) mass is 406 g/mol. The number of carbonyl (C=O) groups is 3. The predicted octanol–water partition coefficient (Wildman–Crippen LogP) is 5.31. The molecule has 2 rings (SSSR count). The SMILES string of the molecule is COC(=O)CCCCCCCCCCCCCCC12CC1C(=O)C=C(OC)C2=O. The third-order valence-corrected chi connectivity index (χ3v) is 6.57. The van der Waals surface area contributed by atoms with E-state index in [1.807, 2.05) is 0 Å². The first kappa shape index (κ1) is 23.6. The molecule has 5 nitrogen and oxygen atoms in total. The van der Waals surface area contributed by atoms with Gasteiger partial charge in [-0.3, -0.25) is 14.4 Å². The maximum Gasteiger partial charge on any atom is 0.305 e. The van der Waals surface area contributed by atoms with Gasteiger partial charge in [-0.2, -0.15) is 0 Å². The van der Waals surface area contributed by atoms with Crippen LogP contribution in [0.2, 0.25) is 0 Å². The molecule has 1 fully saturated rings. The summed E-state index contributed by atoms with van der Waals surface area (Å²) in [6.45, 7) is 0. The summed E-state index contributed by atoms with van der Waals surface area (Å²) in [6.07, 6.45) is 17.8. The van der Waals surface area contributed by atoms with Crippen LogP contribution in [0, 0.1) is 11.3 Å². The maximum atomic E-state index is 12.5. The summed E-state index contributed by atoms with van der Waals surface area (Å²) in [4.78, 5) is 35.5. The Kier molecular flexibility index (Phi) is 9.89. The lowest BCUT2D eigenvalue weighted by Crippen LogP contribution is -2.28. The average Bonchev–Trinajstić information content (AvgIpc) is 3.47. The number of methoxy groups -OCH3 is 2. The molecule has 29 heavy (non-hydrogen) atoms. The second kappa shape index (κ2) is 12.1. The number of carbonyl (C=O) groups excluding carboxylic acids is 3. The molecule has 0 spiro atoms. The lowest BCUT2D eigenvalue weighted by Gasteiger charge is -2.20. The number of fused-ring (bicyclic) bond motifs is 1. The fourth-order valence-electron chi connectivity index (χ4n) is 4.59. The molecule has 0 N–H and O–H groups in total. The van der Waals surface area contributed by atoms with Gasteiger partial charge in [-0.05, 0) is 19.3 Å². The van der Waals surface area contributed by atoms with Gasteiger partial charge in [0.05, 0.1) is 14.2 Å². The molecule has 0 radical (unpaired) electrons. The highest BCUT2D eigenvalue weighted by Crippen LogP contribution is 2.60. The number of hydrogen-bond acceptors (Lipinski definition) is 5. The fourth-order valence-corrected chi connectivity index (χ4v) is 4.59. The Bertz CT molecular complexity index is 594. The van der Waals surface area contributed by atoms with E-state index in [9.17, 15) is 14.4 Å². The molecule has 1 saturated carbocycles. The first-order valence-corrected chi connectivity index (χ1v) is 11.5. The minimum Gasteiger partial charge on any atom is -0.493 e. The fraction of sp³-hybridized carbons (Fsp3) is 0.792. The van der Waals surface area contributed by atoms with E-state index in [0.29, 0.717) is 6.42 Å². The van der Waals surface area contributed by atoms with Gasteiger partial charge in [0.1, 0.15) is 0 Å². The van der Waals surface area contributed by atoms with E-state index in [1.54, 1.807) is 0 Å². The number of unbranched alkanes of at least 4 members (excludes halogenated alkanes) is 11. The lowest BCUT2D eigenvalue weighted by atomic mass is 9.85. The van der Waals surface area contributed by atoms with Crippen molar-refractivity contribution in [2.24, 2.45) is 11.3 Å². The Labute approximate surface area is 175 Å². The second-order valence-electron chi connectivity index (χ2n) is 8.68. The highest BCUT2D eigenvalue weighted by Gasteiger charge is 2.64. The van der Waals surface area contributed by atoms with Crippen LogP contribution in [0.15, 0.2) is 11.8 Å². The molecule has 0 bridgehead atoms. The van der Waals surface area contributed by atoms with E-state index < -0.39 is 5.41 Å². The van der Waals surface area contributed by atoms with Gasteiger partial charge in [-0.25, -0.2) is 0 Å². The van der Waals surface area contributed by atoms with Crippen LogP contribution in [-0.4, -0.2) is 31.8 Å². The second-order valence-corrected chi connectivity index (χ2v) is 8.68. The highest BCUT2D eigenvalue weighted by molar-refractivity contribution is 6.15. The smallest absolute Gasteiger partial charge is 0.305 e. The summed E-state index contributed by atoms with van der Waals surface area (Å²) >= 11 is 0. The van der Waals surface area contributed by atoms with Gasteiger partial charge in [-0.15, -0.1) is 0 Å². The zero-order chi connectivity index (χ0) is 21.1. The van der Waals surface area contributed by atoms with Gasteiger partial charge in [0.2, 0.25) is 5.78 Å². The predicted molar refractivity (Wildman–Crippen MR) is 112 cm³/mol. The summed E-state index contributed by atoms with van der Waals surface area (Å²) in [5.41, 5.74) is -0.423. The summed E-state index contributed by atoms with van der Waals surface area (Å²) < 4.78 is 9.74. The molecular weight excluding hydrogens is 368 g/mol. The van der Waals surface area contributed by atoms with Crippen LogP contribution in [0.3, 0.4) is 0 Å². The Morgan fingerprint density at radius 3 is 1.93 bits per heavy atom. The van der Waals surface area contributed by atoms with Crippen LogP contribution >= 0.6 is 0 Å². The summed E-state index contributed by atoms with van der Waals surface area (Å²) in [5.74, 6) is 0.207. The number of ether oxygens (including phenoxy) is 2. The third-order valence-electron chi connectivity index (χ3n) is 6.57. The molecule has 5 heteroatoms. The van der Waals surface area contributed by atoms with Crippen LogP contribution in [0.5, 0.6) is 0 Å². The number of rotatable bonds is 16. The number of allylic oxidation sites excluding steroid dienone is 2. The maximum absolute atomic E-state index is 12.5. The quantitative estimate of drug-likeness (QED) is 0.257. The van der Waals surface area contributed by atoms with Gasteiger partial charge in [-0.1, -0.05) is 70.6 Å². The molecule has 0 aromatic heterocycles. The normalized spacial score (nSPS) is 22.8. The molecule has 0 aliphatic heterocycles. The Hall–Kier alpha value is -1.65. The van der Waals surface area contributed by atoms with Crippen molar-refractivity contribution in [2.75, 3.05) is 14.2 Å². The number of Topliss-reactive ketones (excluding diaryl/α,β-unsaturated/α-hetero) is 1. The Morgan fingerprint density at radius 2 is 1.41 bits per heavy atom. The van der Waals surface area contributed by atoms with Crippen LogP contribution in [0.1, 0.15) is 96.3 Å². The van der Waals surface area contributed by atoms with Crippen LogP contribution < -0.4 is 0 Å². The number of ketones is 2. The van der Waals surface area contributed by atoms with Crippen molar-refractivity contribution in [2.45, 2.75) is 96.3 Å². The van der Waals surface area contributed by atoms with Crippen LogP contribution in [-0.2, 0) is 23.9 Å². The van der Waals surface area contributed by atoms with Gasteiger partial charge in [0.25, 0.3) is 0 Å². The topological polar surface area (TPSA) is 69.7 Å². The van der Waals surface area contributed by atoms with Gasteiger partial charge >= 0.3 is 5.97 Å². The summed E-state index contributed by atoms with van der Waals surface area (Å²) in [7, 11) is 2.91. The molecule has 0 saturated heterocycles. The Morgan fingerprint density at radius 1 is 0.897 bits per heavy atom. The van der Waals surface area contributed by atoms with Crippen molar-refractivity contribution in [3.05, 3.63) is 11.8 Å². The van der Waals surface area contributed by atoms with Gasteiger partial charge in [0, 0.05) is 23.8 Å². The van der Waals surface area contributed by atoms with E-state index >= 15 is 0 Å².